The van der Waals surface area contributed by atoms with Crippen molar-refractivity contribution >= 4 is 22.6 Å². The van der Waals surface area contributed by atoms with Crippen molar-refractivity contribution in [3.63, 3.8) is 0 Å². The molecule has 0 N–H and O–H groups in total. The van der Waals surface area contributed by atoms with Gasteiger partial charge in [-0.05, 0) is 32.8 Å². The summed E-state index contributed by atoms with van der Waals surface area (Å²) in [4.78, 5) is 14.5. The van der Waals surface area contributed by atoms with Gasteiger partial charge < -0.3 is 9.64 Å². The van der Waals surface area contributed by atoms with Gasteiger partial charge in [0.1, 0.15) is 0 Å². The molecule has 0 radical (unpaired) electrons. The van der Waals surface area contributed by atoms with E-state index in [4.69, 9.17) is 4.74 Å². The molecule has 0 bridgehead atoms. The largest absolute Gasteiger partial charge is 0.461 e. The van der Waals surface area contributed by atoms with E-state index < -0.39 is 5.97 Å². The number of esters is 1. The molecule has 2 aromatic rings. The van der Waals surface area contributed by atoms with Crippen molar-refractivity contribution in [1.29, 1.82) is 0 Å². The molecule has 5 nitrogen and oxygen atoms in total. The van der Waals surface area contributed by atoms with Crippen LogP contribution in [0.15, 0.2) is 24.3 Å². The van der Waals surface area contributed by atoms with Crippen LogP contribution in [-0.2, 0) is 4.74 Å². The van der Waals surface area contributed by atoms with Gasteiger partial charge in [0.15, 0.2) is 5.69 Å². The SMILES string of the molecule is CCOC(=O)c1nnc2ccccc2c1N1CCCC1C. The lowest BCUT2D eigenvalue weighted by Crippen LogP contribution is -2.29. The van der Waals surface area contributed by atoms with Gasteiger partial charge in [-0.2, -0.15) is 0 Å². The van der Waals surface area contributed by atoms with Crippen LogP contribution in [0.25, 0.3) is 10.9 Å². The van der Waals surface area contributed by atoms with Gasteiger partial charge in [-0.25, -0.2) is 4.79 Å². The molecule has 21 heavy (non-hydrogen) atoms. The number of ether oxygens (including phenoxy) is 1. The van der Waals surface area contributed by atoms with Crippen molar-refractivity contribution < 1.29 is 9.53 Å². The third-order valence-corrected chi connectivity index (χ3v) is 3.95. The number of aromatic nitrogens is 2. The minimum absolute atomic E-state index is 0.323. The summed E-state index contributed by atoms with van der Waals surface area (Å²) < 4.78 is 5.14. The fourth-order valence-corrected chi connectivity index (χ4v) is 2.93. The van der Waals surface area contributed by atoms with Gasteiger partial charge in [0.05, 0.1) is 17.8 Å². The second-order valence-electron chi connectivity index (χ2n) is 5.32. The normalized spacial score (nSPS) is 18.2. The highest BCUT2D eigenvalue weighted by Gasteiger charge is 2.28. The predicted molar refractivity (Wildman–Crippen MR) is 81.5 cm³/mol. The van der Waals surface area contributed by atoms with Crippen LogP contribution >= 0.6 is 0 Å². The molecular formula is C16H19N3O2. The molecule has 1 saturated heterocycles. The third kappa shape index (κ3) is 2.44. The first-order chi connectivity index (χ1) is 10.2. The molecule has 0 aliphatic carbocycles. The first kappa shape index (κ1) is 13.8. The second kappa shape index (κ2) is 5.68. The minimum atomic E-state index is -0.398. The maximum atomic E-state index is 12.2. The monoisotopic (exact) mass is 285 g/mol. The van der Waals surface area contributed by atoms with Crippen molar-refractivity contribution in [3.05, 3.63) is 30.0 Å². The lowest BCUT2D eigenvalue weighted by molar-refractivity contribution is 0.0519. The van der Waals surface area contributed by atoms with Crippen LogP contribution in [0.1, 0.15) is 37.2 Å². The van der Waals surface area contributed by atoms with Crippen LogP contribution in [0, 0.1) is 0 Å². The minimum Gasteiger partial charge on any atom is -0.461 e. The fraction of sp³-hybridized carbons (Fsp3) is 0.438. The first-order valence-corrected chi connectivity index (χ1v) is 7.41. The van der Waals surface area contributed by atoms with Gasteiger partial charge in [0, 0.05) is 18.0 Å². The van der Waals surface area contributed by atoms with Crippen LogP contribution in [0.5, 0.6) is 0 Å². The van der Waals surface area contributed by atoms with Gasteiger partial charge >= 0.3 is 5.97 Å². The quantitative estimate of drug-likeness (QED) is 0.812. The molecule has 0 saturated carbocycles. The number of hydrogen-bond donors (Lipinski definition) is 0. The van der Waals surface area contributed by atoms with Crippen molar-refractivity contribution in [2.75, 3.05) is 18.1 Å². The molecule has 1 atom stereocenters. The van der Waals surface area contributed by atoms with E-state index >= 15 is 0 Å². The molecule has 0 spiro atoms. The van der Waals surface area contributed by atoms with Crippen LogP contribution < -0.4 is 4.90 Å². The summed E-state index contributed by atoms with van der Waals surface area (Å²) in [5.41, 5.74) is 1.99. The van der Waals surface area contributed by atoms with E-state index in [0.717, 1.165) is 36.0 Å². The van der Waals surface area contributed by atoms with Gasteiger partial charge in [0.25, 0.3) is 0 Å². The smallest absolute Gasteiger partial charge is 0.361 e. The number of carbonyl (C=O) groups excluding carboxylic acids is 1. The van der Waals surface area contributed by atoms with E-state index in [0.29, 0.717) is 18.3 Å². The number of nitrogens with zero attached hydrogens (tertiary/aromatic N) is 3. The van der Waals surface area contributed by atoms with Gasteiger partial charge in [-0.1, -0.05) is 18.2 Å². The molecular weight excluding hydrogens is 266 g/mol. The lowest BCUT2D eigenvalue weighted by Gasteiger charge is -2.26. The van der Waals surface area contributed by atoms with E-state index in [9.17, 15) is 4.79 Å². The highest BCUT2D eigenvalue weighted by atomic mass is 16.5. The molecule has 2 heterocycles. The second-order valence-corrected chi connectivity index (χ2v) is 5.32. The van der Waals surface area contributed by atoms with E-state index in [1.54, 1.807) is 6.92 Å². The third-order valence-electron chi connectivity index (χ3n) is 3.95. The van der Waals surface area contributed by atoms with E-state index in [2.05, 4.69) is 22.0 Å². The molecule has 1 aromatic heterocycles. The Balaban J connectivity index is 2.20. The van der Waals surface area contributed by atoms with Crippen LogP contribution in [0.2, 0.25) is 0 Å². The fourth-order valence-electron chi connectivity index (χ4n) is 2.93. The van der Waals surface area contributed by atoms with Gasteiger partial charge in [-0.15, -0.1) is 10.2 Å². The number of fused-ring (bicyclic) bond motifs is 1. The summed E-state index contributed by atoms with van der Waals surface area (Å²) in [6.45, 7) is 5.24. The van der Waals surface area contributed by atoms with Crippen molar-refractivity contribution in [3.8, 4) is 0 Å². The molecule has 0 amide bonds. The van der Waals surface area contributed by atoms with Crippen LogP contribution in [-0.4, -0.2) is 35.4 Å². The standard InChI is InChI=1S/C16H19N3O2/c1-3-21-16(20)14-15(19-10-6-7-11(19)2)12-8-4-5-9-13(12)17-18-14/h4-5,8-9,11H,3,6-7,10H2,1-2H3. The van der Waals surface area contributed by atoms with E-state index in [-0.39, 0.29) is 0 Å². The Morgan fingerprint density at radius 3 is 2.90 bits per heavy atom. The first-order valence-electron chi connectivity index (χ1n) is 7.41. The van der Waals surface area contributed by atoms with Crippen LogP contribution in [0.4, 0.5) is 5.69 Å². The molecule has 1 aromatic carbocycles. The maximum absolute atomic E-state index is 12.2. The van der Waals surface area contributed by atoms with E-state index in [1.165, 1.54) is 0 Å². The molecule has 1 fully saturated rings. The highest BCUT2D eigenvalue weighted by Crippen LogP contribution is 2.33. The average Bonchev–Trinajstić information content (AvgIpc) is 2.92. The molecule has 5 heteroatoms. The Kier molecular flexibility index (Phi) is 3.73. The zero-order valence-electron chi connectivity index (χ0n) is 12.4. The molecule has 1 aliphatic rings. The summed E-state index contributed by atoms with van der Waals surface area (Å²) in [5, 5.41) is 9.26. The maximum Gasteiger partial charge on any atom is 0.361 e. The lowest BCUT2D eigenvalue weighted by atomic mass is 10.1. The highest BCUT2D eigenvalue weighted by molar-refractivity contribution is 6.03. The Hall–Kier alpha value is -2.17. The number of hydrogen-bond acceptors (Lipinski definition) is 5. The van der Waals surface area contributed by atoms with E-state index in [1.807, 2.05) is 24.3 Å². The van der Waals surface area contributed by atoms with Crippen molar-refractivity contribution in [2.45, 2.75) is 32.7 Å². The Labute approximate surface area is 123 Å². The average molecular weight is 285 g/mol. The predicted octanol–water partition coefficient (Wildman–Crippen LogP) is 2.80. The summed E-state index contributed by atoms with van der Waals surface area (Å²) in [7, 11) is 0. The zero-order valence-corrected chi connectivity index (χ0v) is 12.4. The summed E-state index contributed by atoms with van der Waals surface area (Å²) in [6.07, 6.45) is 2.25. The molecule has 3 rings (SSSR count). The summed E-state index contributed by atoms with van der Waals surface area (Å²) in [6, 6.07) is 8.20. The molecule has 110 valence electrons. The number of rotatable bonds is 3. The Morgan fingerprint density at radius 2 is 2.19 bits per heavy atom. The Bertz CT molecular complexity index is 672. The van der Waals surface area contributed by atoms with Gasteiger partial charge in [0.2, 0.25) is 0 Å². The van der Waals surface area contributed by atoms with Crippen molar-refractivity contribution in [2.24, 2.45) is 0 Å². The zero-order chi connectivity index (χ0) is 14.8. The molecule has 1 aliphatic heterocycles. The van der Waals surface area contributed by atoms with Crippen molar-refractivity contribution in [1.82, 2.24) is 10.2 Å². The number of anilines is 1. The molecule has 1 unspecified atom stereocenters. The summed E-state index contributed by atoms with van der Waals surface area (Å²) in [5.74, 6) is -0.398. The Morgan fingerprint density at radius 1 is 1.38 bits per heavy atom. The topological polar surface area (TPSA) is 55.3 Å². The van der Waals surface area contributed by atoms with Crippen LogP contribution in [0.3, 0.4) is 0 Å². The number of carbonyl (C=O) groups is 1. The summed E-state index contributed by atoms with van der Waals surface area (Å²) >= 11 is 0. The van der Waals surface area contributed by atoms with Gasteiger partial charge in [-0.3, -0.25) is 0 Å². The number of benzene rings is 1.